The Morgan fingerprint density at radius 1 is 1.17 bits per heavy atom. The molecule has 4 heteroatoms. The highest BCUT2D eigenvalue weighted by molar-refractivity contribution is 4.92. The minimum absolute atomic E-state index is 0.265. The zero-order chi connectivity index (χ0) is 7.97. The first kappa shape index (κ1) is 7.26. The SMILES string of the molecule is C1OC2CCN3OCCC3C2O1. The minimum atomic E-state index is 0.265. The van der Waals surface area contributed by atoms with Crippen LogP contribution < -0.4 is 0 Å². The number of hydroxylamine groups is 2. The van der Waals surface area contributed by atoms with E-state index in [-0.39, 0.29) is 6.10 Å². The Bertz CT molecular complexity index is 167. The fourth-order valence-electron chi connectivity index (χ4n) is 2.36. The van der Waals surface area contributed by atoms with Crippen LogP contribution in [0.25, 0.3) is 0 Å². The summed E-state index contributed by atoms with van der Waals surface area (Å²) in [4.78, 5) is 5.46. The number of piperidine rings is 1. The largest absolute Gasteiger partial charge is 0.349 e. The van der Waals surface area contributed by atoms with Crippen molar-refractivity contribution >= 4 is 0 Å². The first-order valence-corrected chi connectivity index (χ1v) is 4.58. The minimum Gasteiger partial charge on any atom is -0.349 e. The zero-order valence-electron chi connectivity index (χ0n) is 6.94. The maximum Gasteiger partial charge on any atom is 0.147 e. The van der Waals surface area contributed by atoms with Gasteiger partial charge in [-0.2, -0.15) is 5.06 Å². The van der Waals surface area contributed by atoms with Crippen molar-refractivity contribution in [1.82, 2.24) is 5.06 Å². The van der Waals surface area contributed by atoms with E-state index in [4.69, 9.17) is 14.3 Å². The summed E-state index contributed by atoms with van der Waals surface area (Å²) in [6, 6.07) is 0.450. The Morgan fingerprint density at radius 2 is 2.17 bits per heavy atom. The molecule has 3 atom stereocenters. The third-order valence-electron chi connectivity index (χ3n) is 2.96. The van der Waals surface area contributed by atoms with Crippen molar-refractivity contribution in [2.75, 3.05) is 19.9 Å². The number of rotatable bonds is 0. The van der Waals surface area contributed by atoms with E-state index in [9.17, 15) is 0 Å². The van der Waals surface area contributed by atoms with Crippen molar-refractivity contribution in [3.8, 4) is 0 Å². The van der Waals surface area contributed by atoms with Gasteiger partial charge in [0.15, 0.2) is 0 Å². The smallest absolute Gasteiger partial charge is 0.147 e. The lowest BCUT2D eigenvalue weighted by Gasteiger charge is -2.34. The molecule has 0 amide bonds. The molecule has 3 fully saturated rings. The third kappa shape index (κ3) is 0.925. The Hall–Kier alpha value is -0.160. The van der Waals surface area contributed by atoms with E-state index in [0.717, 1.165) is 26.0 Å². The number of ether oxygens (including phenoxy) is 2. The topological polar surface area (TPSA) is 30.9 Å². The van der Waals surface area contributed by atoms with Gasteiger partial charge in [-0.05, 0) is 12.8 Å². The molecule has 0 spiro atoms. The van der Waals surface area contributed by atoms with Crippen molar-refractivity contribution < 1.29 is 14.3 Å². The van der Waals surface area contributed by atoms with Crippen LogP contribution in [0.3, 0.4) is 0 Å². The number of nitrogens with zero attached hydrogens (tertiary/aromatic N) is 1. The molecule has 0 N–H and O–H groups in total. The van der Waals surface area contributed by atoms with Crippen molar-refractivity contribution in [3.63, 3.8) is 0 Å². The molecule has 0 bridgehead atoms. The fraction of sp³-hybridized carbons (Fsp3) is 1.00. The van der Waals surface area contributed by atoms with Crippen LogP contribution in [-0.2, 0) is 14.3 Å². The first-order valence-electron chi connectivity index (χ1n) is 4.58. The summed E-state index contributed by atoms with van der Waals surface area (Å²) in [6.45, 7) is 2.31. The molecule has 0 aromatic heterocycles. The lowest BCUT2D eigenvalue weighted by molar-refractivity contribution is -0.171. The Balaban J connectivity index is 1.81. The van der Waals surface area contributed by atoms with Crippen LogP contribution >= 0.6 is 0 Å². The van der Waals surface area contributed by atoms with Crippen molar-refractivity contribution in [2.24, 2.45) is 0 Å². The normalized spacial score (nSPS) is 47.5. The lowest BCUT2D eigenvalue weighted by atomic mass is 9.97. The number of hydrogen-bond acceptors (Lipinski definition) is 4. The second-order valence-electron chi connectivity index (χ2n) is 3.57. The van der Waals surface area contributed by atoms with Gasteiger partial charge in [-0.25, -0.2) is 0 Å². The summed E-state index contributed by atoms with van der Waals surface area (Å²) in [7, 11) is 0. The highest BCUT2D eigenvalue weighted by Crippen LogP contribution is 2.32. The Morgan fingerprint density at radius 3 is 3.17 bits per heavy atom. The highest BCUT2D eigenvalue weighted by atomic mass is 16.7. The summed E-state index contributed by atoms with van der Waals surface area (Å²) in [5, 5.41) is 2.07. The lowest BCUT2D eigenvalue weighted by Crippen LogP contribution is -2.49. The second kappa shape index (κ2) is 2.67. The van der Waals surface area contributed by atoms with Crippen LogP contribution in [0.1, 0.15) is 12.8 Å². The molecule has 3 aliphatic heterocycles. The molecule has 4 nitrogen and oxygen atoms in total. The molecule has 68 valence electrons. The predicted octanol–water partition coefficient (Wildman–Crippen LogP) is 0.137. The van der Waals surface area contributed by atoms with E-state index < -0.39 is 0 Å². The van der Waals surface area contributed by atoms with Gasteiger partial charge >= 0.3 is 0 Å². The molecule has 3 aliphatic rings. The molecular formula is C8H13NO3. The summed E-state index contributed by atoms with van der Waals surface area (Å²) in [5.74, 6) is 0. The van der Waals surface area contributed by atoms with Crippen molar-refractivity contribution in [3.05, 3.63) is 0 Å². The molecule has 0 saturated carbocycles. The second-order valence-corrected chi connectivity index (χ2v) is 3.57. The van der Waals surface area contributed by atoms with Gasteiger partial charge in [0, 0.05) is 6.54 Å². The number of fused-ring (bicyclic) bond motifs is 3. The fourth-order valence-corrected chi connectivity index (χ4v) is 2.36. The van der Waals surface area contributed by atoms with Crippen LogP contribution in [-0.4, -0.2) is 43.3 Å². The average molecular weight is 171 g/mol. The van der Waals surface area contributed by atoms with Crippen LogP contribution in [0.4, 0.5) is 0 Å². The van der Waals surface area contributed by atoms with Gasteiger partial charge in [0.2, 0.25) is 0 Å². The van der Waals surface area contributed by atoms with Gasteiger partial charge in [-0.1, -0.05) is 0 Å². The quantitative estimate of drug-likeness (QED) is 0.518. The van der Waals surface area contributed by atoms with E-state index in [2.05, 4.69) is 5.06 Å². The van der Waals surface area contributed by atoms with Gasteiger partial charge < -0.3 is 9.47 Å². The van der Waals surface area contributed by atoms with E-state index in [1.807, 2.05) is 0 Å². The van der Waals surface area contributed by atoms with E-state index in [0.29, 0.717) is 18.9 Å². The standard InChI is InChI=1S/C8H13NO3/c1-3-9-6(2-4-12-9)8-7(1)10-5-11-8/h6-8H,1-5H2. The van der Waals surface area contributed by atoms with Gasteiger partial charge in [-0.15, -0.1) is 0 Å². The van der Waals surface area contributed by atoms with E-state index >= 15 is 0 Å². The van der Waals surface area contributed by atoms with Gasteiger partial charge in [-0.3, -0.25) is 4.84 Å². The van der Waals surface area contributed by atoms with Gasteiger partial charge in [0.1, 0.15) is 12.9 Å². The molecule has 0 radical (unpaired) electrons. The van der Waals surface area contributed by atoms with Crippen LogP contribution in [0.5, 0.6) is 0 Å². The predicted molar refractivity (Wildman–Crippen MR) is 40.3 cm³/mol. The van der Waals surface area contributed by atoms with Crippen LogP contribution in [0.2, 0.25) is 0 Å². The molecule has 3 rings (SSSR count). The molecule has 0 aromatic rings. The Labute approximate surface area is 71.3 Å². The third-order valence-corrected chi connectivity index (χ3v) is 2.96. The Kier molecular flexibility index (Phi) is 1.61. The summed E-state index contributed by atoms with van der Waals surface area (Å²) >= 11 is 0. The van der Waals surface area contributed by atoms with Crippen LogP contribution in [0, 0.1) is 0 Å². The number of hydrogen-bond donors (Lipinski definition) is 0. The monoisotopic (exact) mass is 171 g/mol. The summed E-state index contributed by atoms with van der Waals surface area (Å²) in [6.07, 6.45) is 2.72. The maximum absolute atomic E-state index is 5.53. The maximum atomic E-state index is 5.53. The average Bonchev–Trinajstić information content (AvgIpc) is 2.71. The van der Waals surface area contributed by atoms with E-state index in [1.54, 1.807) is 0 Å². The van der Waals surface area contributed by atoms with Crippen LogP contribution in [0.15, 0.2) is 0 Å². The summed E-state index contributed by atoms with van der Waals surface area (Å²) in [5.41, 5.74) is 0. The van der Waals surface area contributed by atoms with Crippen molar-refractivity contribution in [2.45, 2.75) is 31.1 Å². The van der Waals surface area contributed by atoms with Crippen molar-refractivity contribution in [1.29, 1.82) is 0 Å². The molecule has 0 aromatic carbocycles. The molecular weight excluding hydrogens is 158 g/mol. The molecule has 12 heavy (non-hydrogen) atoms. The van der Waals surface area contributed by atoms with E-state index in [1.165, 1.54) is 0 Å². The highest BCUT2D eigenvalue weighted by Gasteiger charge is 2.45. The molecule has 3 saturated heterocycles. The van der Waals surface area contributed by atoms with Gasteiger partial charge in [0.05, 0.1) is 18.8 Å². The first-order chi connectivity index (χ1) is 5.95. The molecule has 3 heterocycles. The summed E-state index contributed by atoms with van der Waals surface area (Å²) < 4.78 is 11.0. The van der Waals surface area contributed by atoms with Gasteiger partial charge in [0.25, 0.3) is 0 Å². The molecule has 0 aliphatic carbocycles. The zero-order valence-corrected chi connectivity index (χ0v) is 6.94. The molecule has 3 unspecified atom stereocenters.